The van der Waals surface area contributed by atoms with E-state index in [1.54, 1.807) is 0 Å². The van der Waals surface area contributed by atoms with E-state index < -0.39 is 0 Å². The zero-order valence-corrected chi connectivity index (χ0v) is 13.9. The normalized spacial score (nSPS) is 13.6. The number of carbonyl (C=O) groups excluding carboxylic acids is 1. The fraction of sp³-hybridized carbons (Fsp3) is 0.316. The molecule has 0 bridgehead atoms. The van der Waals surface area contributed by atoms with Crippen molar-refractivity contribution in [3.8, 4) is 11.5 Å². The maximum atomic E-state index is 12.5. The van der Waals surface area contributed by atoms with Gasteiger partial charge in [0.15, 0.2) is 11.5 Å². The zero-order chi connectivity index (χ0) is 16.9. The number of methoxy groups -OCH3 is 1. The predicted molar refractivity (Wildman–Crippen MR) is 89.8 cm³/mol. The van der Waals surface area contributed by atoms with Crippen LogP contribution in [0.2, 0.25) is 0 Å². The number of rotatable bonds is 6. The van der Waals surface area contributed by atoms with E-state index in [9.17, 15) is 4.79 Å². The molecule has 0 aromatic heterocycles. The highest BCUT2D eigenvalue weighted by molar-refractivity contribution is 5.78. The molecule has 1 atom stereocenters. The molecule has 0 aliphatic carbocycles. The monoisotopic (exact) mass is 327 g/mol. The first-order chi connectivity index (χ1) is 11.7. The lowest BCUT2D eigenvalue weighted by atomic mass is 10.1. The number of amides is 1. The molecule has 2 aromatic rings. The average Bonchev–Trinajstić information content (AvgIpc) is 3.07. The molecular formula is C19H21NO4. The number of hydrogen-bond acceptors (Lipinski definition) is 4. The minimum absolute atomic E-state index is 0.0495. The van der Waals surface area contributed by atoms with Gasteiger partial charge in [0.1, 0.15) is 6.61 Å². The molecule has 2 aromatic carbocycles. The van der Waals surface area contributed by atoms with Gasteiger partial charge in [0.25, 0.3) is 0 Å². The molecule has 1 heterocycles. The van der Waals surface area contributed by atoms with Gasteiger partial charge in [0.05, 0.1) is 6.04 Å². The van der Waals surface area contributed by atoms with Crippen LogP contribution >= 0.6 is 0 Å². The van der Waals surface area contributed by atoms with E-state index in [4.69, 9.17) is 14.2 Å². The van der Waals surface area contributed by atoms with E-state index >= 15 is 0 Å². The maximum Gasteiger partial charge on any atom is 0.249 e. The number of benzene rings is 2. The Hall–Kier alpha value is -2.53. The van der Waals surface area contributed by atoms with Gasteiger partial charge in [-0.2, -0.15) is 0 Å². The summed E-state index contributed by atoms with van der Waals surface area (Å²) in [4.78, 5) is 14.4. The largest absolute Gasteiger partial charge is 0.454 e. The van der Waals surface area contributed by atoms with Crippen molar-refractivity contribution in [1.29, 1.82) is 0 Å². The third kappa shape index (κ3) is 3.51. The fourth-order valence-electron chi connectivity index (χ4n) is 2.79. The van der Waals surface area contributed by atoms with Gasteiger partial charge in [0.2, 0.25) is 12.7 Å². The third-order valence-corrected chi connectivity index (χ3v) is 4.13. The minimum Gasteiger partial charge on any atom is -0.454 e. The van der Waals surface area contributed by atoms with Crippen LogP contribution < -0.4 is 9.47 Å². The molecule has 3 rings (SSSR count). The summed E-state index contributed by atoms with van der Waals surface area (Å²) >= 11 is 0. The standard InChI is InChI=1S/C19H21NO4/c1-14(16-6-4-3-5-7-16)20(19(21)12-22-2)11-15-8-9-17-18(10-15)24-13-23-17/h3-10,14H,11-13H2,1-2H3/t14-/m1/s1. The molecule has 0 saturated heterocycles. The summed E-state index contributed by atoms with van der Waals surface area (Å²) < 4.78 is 15.8. The molecule has 5 heteroatoms. The molecular weight excluding hydrogens is 306 g/mol. The highest BCUT2D eigenvalue weighted by atomic mass is 16.7. The lowest BCUT2D eigenvalue weighted by Crippen LogP contribution is -2.35. The first-order valence-electron chi connectivity index (χ1n) is 7.91. The molecule has 126 valence electrons. The van der Waals surface area contributed by atoms with Crippen LogP contribution in [-0.4, -0.2) is 31.3 Å². The van der Waals surface area contributed by atoms with Crippen LogP contribution in [0.5, 0.6) is 11.5 Å². The Morgan fingerprint density at radius 1 is 1.17 bits per heavy atom. The number of ether oxygens (including phenoxy) is 3. The van der Waals surface area contributed by atoms with Gasteiger partial charge in [-0.3, -0.25) is 4.79 Å². The second kappa shape index (κ2) is 7.36. The van der Waals surface area contributed by atoms with Crippen molar-refractivity contribution in [2.75, 3.05) is 20.5 Å². The van der Waals surface area contributed by atoms with E-state index in [1.807, 2.05) is 60.4 Å². The Labute approximate surface area is 141 Å². The van der Waals surface area contributed by atoms with Crippen molar-refractivity contribution in [2.24, 2.45) is 0 Å². The van der Waals surface area contributed by atoms with Crippen LogP contribution in [0.15, 0.2) is 48.5 Å². The molecule has 0 radical (unpaired) electrons. The van der Waals surface area contributed by atoms with E-state index in [-0.39, 0.29) is 25.3 Å². The Morgan fingerprint density at radius 2 is 1.92 bits per heavy atom. The molecule has 1 amide bonds. The molecule has 0 unspecified atom stereocenters. The Balaban J connectivity index is 1.83. The Morgan fingerprint density at radius 3 is 2.67 bits per heavy atom. The van der Waals surface area contributed by atoms with Crippen LogP contribution in [0.1, 0.15) is 24.1 Å². The van der Waals surface area contributed by atoms with Crippen LogP contribution in [0.4, 0.5) is 0 Å². The van der Waals surface area contributed by atoms with Crippen LogP contribution in [0.25, 0.3) is 0 Å². The van der Waals surface area contributed by atoms with Gasteiger partial charge in [-0.15, -0.1) is 0 Å². The molecule has 1 aliphatic heterocycles. The van der Waals surface area contributed by atoms with Crippen LogP contribution in [0, 0.1) is 0 Å². The number of nitrogens with zero attached hydrogens (tertiary/aromatic N) is 1. The summed E-state index contributed by atoms with van der Waals surface area (Å²) in [5.41, 5.74) is 2.08. The molecule has 1 aliphatic rings. The van der Waals surface area contributed by atoms with Crippen molar-refractivity contribution >= 4 is 5.91 Å². The first-order valence-corrected chi connectivity index (χ1v) is 7.91. The van der Waals surface area contributed by atoms with Crippen molar-refractivity contribution in [2.45, 2.75) is 19.5 Å². The minimum atomic E-state index is -0.0562. The third-order valence-electron chi connectivity index (χ3n) is 4.13. The van der Waals surface area contributed by atoms with Gasteiger partial charge < -0.3 is 19.1 Å². The van der Waals surface area contributed by atoms with E-state index in [0.29, 0.717) is 6.54 Å². The van der Waals surface area contributed by atoms with E-state index in [2.05, 4.69) is 0 Å². The molecule has 0 N–H and O–H groups in total. The van der Waals surface area contributed by atoms with Gasteiger partial charge in [-0.1, -0.05) is 36.4 Å². The van der Waals surface area contributed by atoms with E-state index in [0.717, 1.165) is 22.6 Å². The van der Waals surface area contributed by atoms with Gasteiger partial charge in [-0.05, 0) is 30.2 Å². The Bertz CT molecular complexity index is 702. The fourth-order valence-corrected chi connectivity index (χ4v) is 2.79. The van der Waals surface area contributed by atoms with Crippen LogP contribution in [0.3, 0.4) is 0 Å². The Kier molecular flexibility index (Phi) is 5.01. The van der Waals surface area contributed by atoms with Gasteiger partial charge in [0, 0.05) is 13.7 Å². The number of hydrogen-bond donors (Lipinski definition) is 0. The SMILES string of the molecule is COCC(=O)N(Cc1ccc2c(c1)OCO2)[C@H](C)c1ccccc1. The number of fused-ring (bicyclic) bond motifs is 1. The maximum absolute atomic E-state index is 12.5. The first kappa shape index (κ1) is 16.3. The van der Waals surface area contributed by atoms with Gasteiger partial charge in [-0.25, -0.2) is 0 Å². The van der Waals surface area contributed by atoms with Crippen molar-refractivity contribution in [3.63, 3.8) is 0 Å². The number of carbonyl (C=O) groups is 1. The molecule has 0 saturated carbocycles. The van der Waals surface area contributed by atoms with Crippen molar-refractivity contribution < 1.29 is 19.0 Å². The summed E-state index contributed by atoms with van der Waals surface area (Å²) in [7, 11) is 1.53. The second-order valence-corrected chi connectivity index (χ2v) is 5.73. The average molecular weight is 327 g/mol. The molecule has 0 fully saturated rings. The topological polar surface area (TPSA) is 48.0 Å². The summed E-state index contributed by atoms with van der Waals surface area (Å²) in [6, 6.07) is 15.7. The van der Waals surface area contributed by atoms with E-state index in [1.165, 1.54) is 7.11 Å². The highest BCUT2D eigenvalue weighted by Crippen LogP contribution is 2.33. The van der Waals surface area contributed by atoms with Crippen molar-refractivity contribution in [1.82, 2.24) is 4.90 Å². The summed E-state index contributed by atoms with van der Waals surface area (Å²) in [5, 5.41) is 0. The molecule has 0 spiro atoms. The van der Waals surface area contributed by atoms with Crippen LogP contribution in [-0.2, 0) is 16.1 Å². The summed E-state index contributed by atoms with van der Waals surface area (Å²) in [6.45, 7) is 2.80. The molecule has 5 nitrogen and oxygen atoms in total. The summed E-state index contributed by atoms with van der Waals surface area (Å²) in [6.07, 6.45) is 0. The molecule has 24 heavy (non-hydrogen) atoms. The zero-order valence-electron chi connectivity index (χ0n) is 13.9. The van der Waals surface area contributed by atoms with Gasteiger partial charge >= 0.3 is 0 Å². The lowest BCUT2D eigenvalue weighted by molar-refractivity contribution is -0.138. The highest BCUT2D eigenvalue weighted by Gasteiger charge is 2.22. The quantitative estimate of drug-likeness (QED) is 0.818. The predicted octanol–water partition coefficient (Wildman–Crippen LogP) is 3.15. The summed E-state index contributed by atoms with van der Waals surface area (Å²) in [5.74, 6) is 1.41. The second-order valence-electron chi connectivity index (χ2n) is 5.73. The smallest absolute Gasteiger partial charge is 0.249 e. The van der Waals surface area contributed by atoms with Crippen molar-refractivity contribution in [3.05, 3.63) is 59.7 Å². The lowest BCUT2D eigenvalue weighted by Gasteiger charge is -2.29.